The molecule has 0 spiro atoms. The van der Waals surface area contributed by atoms with E-state index in [1.165, 1.54) is 12.1 Å². The molecule has 0 aliphatic heterocycles. The van der Waals surface area contributed by atoms with Gasteiger partial charge in [0.2, 0.25) is 0 Å². The first kappa shape index (κ1) is 34.1. The molecule has 9 nitrogen and oxygen atoms in total. The third kappa shape index (κ3) is 13.1. The molecule has 0 aromatic heterocycles. The quantitative estimate of drug-likeness (QED) is 0.278. The Labute approximate surface area is 233 Å². The molecule has 39 heavy (non-hydrogen) atoms. The minimum absolute atomic E-state index is 0.0728. The lowest BCUT2D eigenvalue weighted by molar-refractivity contribution is -0.166. The van der Waals surface area contributed by atoms with Crippen molar-refractivity contribution < 1.29 is 38.1 Å². The number of hydrogen-bond acceptors (Lipinski definition) is 9. The van der Waals surface area contributed by atoms with Crippen molar-refractivity contribution in [3.05, 3.63) is 23.8 Å². The highest BCUT2D eigenvalue weighted by molar-refractivity contribution is 5.78. The lowest BCUT2D eigenvalue weighted by Crippen LogP contribution is -2.37. The molecule has 0 saturated carbocycles. The second-order valence-corrected chi connectivity index (χ2v) is 13.1. The molecule has 0 aliphatic carbocycles. The smallest absolute Gasteiger partial charge is 0.323 e. The van der Waals surface area contributed by atoms with E-state index in [9.17, 15) is 19.2 Å². The van der Waals surface area contributed by atoms with Crippen LogP contribution in [0, 0.1) is 16.2 Å². The number of rotatable bonds is 12. The van der Waals surface area contributed by atoms with Gasteiger partial charge >= 0.3 is 23.9 Å². The van der Waals surface area contributed by atoms with Crippen LogP contribution in [0.2, 0.25) is 0 Å². The minimum atomic E-state index is -1.02. The first-order chi connectivity index (χ1) is 17.7. The summed E-state index contributed by atoms with van der Waals surface area (Å²) in [5.74, 6) is -1.79. The van der Waals surface area contributed by atoms with Crippen LogP contribution < -0.4 is 15.2 Å². The Morgan fingerprint density at radius 2 is 1.36 bits per heavy atom. The lowest BCUT2D eigenvalue weighted by atomic mass is 9.91. The minimum Gasteiger partial charge on any atom is -0.461 e. The van der Waals surface area contributed by atoms with E-state index in [-0.39, 0.29) is 54.2 Å². The summed E-state index contributed by atoms with van der Waals surface area (Å²) < 4.78 is 21.7. The fourth-order valence-electron chi connectivity index (χ4n) is 3.19. The van der Waals surface area contributed by atoms with Gasteiger partial charge in [0.15, 0.2) is 11.5 Å². The molecule has 0 amide bonds. The van der Waals surface area contributed by atoms with Crippen molar-refractivity contribution in [1.29, 1.82) is 0 Å². The number of carbonyl (C=O) groups is 4. The van der Waals surface area contributed by atoms with Crippen LogP contribution in [0.5, 0.6) is 11.5 Å². The molecule has 0 fully saturated rings. The third-order valence-corrected chi connectivity index (χ3v) is 5.77. The summed E-state index contributed by atoms with van der Waals surface area (Å²) in [6, 6.07) is 3.67. The predicted octanol–water partition coefficient (Wildman–Crippen LogP) is 5.15. The Hall–Kier alpha value is -2.94. The van der Waals surface area contributed by atoms with Gasteiger partial charge in [-0.3, -0.25) is 19.2 Å². The second kappa shape index (κ2) is 13.9. The molecule has 0 radical (unpaired) electrons. The van der Waals surface area contributed by atoms with Gasteiger partial charge in [-0.05, 0) is 62.1 Å². The summed E-state index contributed by atoms with van der Waals surface area (Å²) in [5.41, 5.74) is 5.44. The maximum atomic E-state index is 12.5. The van der Waals surface area contributed by atoms with E-state index in [0.717, 1.165) is 0 Å². The number of hydrogen-bond donors (Lipinski definition) is 1. The van der Waals surface area contributed by atoms with Gasteiger partial charge in [0, 0.05) is 0 Å². The molecule has 0 unspecified atom stereocenters. The highest BCUT2D eigenvalue weighted by atomic mass is 16.6. The Morgan fingerprint density at radius 1 is 0.846 bits per heavy atom. The maximum Gasteiger partial charge on any atom is 0.323 e. The van der Waals surface area contributed by atoms with Crippen molar-refractivity contribution in [2.75, 3.05) is 6.61 Å². The molecule has 1 aromatic carbocycles. The summed E-state index contributed by atoms with van der Waals surface area (Å²) >= 11 is 0. The second-order valence-electron chi connectivity index (χ2n) is 13.1. The van der Waals surface area contributed by atoms with Crippen LogP contribution in [0.3, 0.4) is 0 Å². The van der Waals surface area contributed by atoms with Gasteiger partial charge in [-0.15, -0.1) is 0 Å². The van der Waals surface area contributed by atoms with E-state index in [1.807, 2.05) is 48.5 Å². The highest BCUT2D eigenvalue weighted by Crippen LogP contribution is 2.32. The van der Waals surface area contributed by atoms with Gasteiger partial charge in [0.05, 0.1) is 18.3 Å². The molecule has 0 bridgehead atoms. The van der Waals surface area contributed by atoms with E-state index in [2.05, 4.69) is 0 Å². The largest absolute Gasteiger partial charge is 0.461 e. The van der Waals surface area contributed by atoms with Crippen LogP contribution in [-0.4, -0.2) is 42.6 Å². The molecule has 0 saturated heterocycles. The van der Waals surface area contributed by atoms with Crippen LogP contribution in [0.1, 0.15) is 94.1 Å². The lowest BCUT2D eigenvalue weighted by Gasteiger charge is -2.23. The van der Waals surface area contributed by atoms with Crippen molar-refractivity contribution >= 4 is 23.9 Å². The predicted molar refractivity (Wildman–Crippen MR) is 148 cm³/mol. The first-order valence-corrected chi connectivity index (χ1v) is 13.4. The first-order valence-electron chi connectivity index (χ1n) is 13.4. The van der Waals surface area contributed by atoms with E-state index >= 15 is 0 Å². The number of nitrogens with two attached hydrogens (primary N) is 1. The van der Waals surface area contributed by atoms with Gasteiger partial charge in [-0.1, -0.05) is 54.5 Å². The molecule has 220 valence electrons. The number of carbonyl (C=O) groups excluding carboxylic acids is 4. The van der Waals surface area contributed by atoms with Crippen LogP contribution >= 0.6 is 0 Å². The molecule has 2 atom stereocenters. The molecule has 9 heteroatoms. The summed E-state index contributed by atoms with van der Waals surface area (Å²) in [7, 11) is 0. The van der Waals surface area contributed by atoms with Crippen molar-refractivity contribution in [1.82, 2.24) is 0 Å². The molecule has 0 aliphatic rings. The van der Waals surface area contributed by atoms with Crippen LogP contribution in [0.15, 0.2) is 18.2 Å². The molecule has 2 N–H and O–H groups in total. The van der Waals surface area contributed by atoms with Crippen LogP contribution in [-0.2, 0) is 35.1 Å². The van der Waals surface area contributed by atoms with E-state index in [0.29, 0.717) is 12.0 Å². The van der Waals surface area contributed by atoms with E-state index in [1.54, 1.807) is 26.8 Å². The molecular formula is C30H47NO8. The van der Waals surface area contributed by atoms with Crippen molar-refractivity contribution in [3.63, 3.8) is 0 Å². The normalized spacial score (nSPS) is 13.7. The summed E-state index contributed by atoms with van der Waals surface area (Å²) in [5, 5.41) is 0. The zero-order valence-corrected chi connectivity index (χ0v) is 25.3. The van der Waals surface area contributed by atoms with Crippen molar-refractivity contribution in [2.45, 2.75) is 107 Å². The van der Waals surface area contributed by atoms with Gasteiger partial charge in [0.1, 0.15) is 18.8 Å². The van der Waals surface area contributed by atoms with Crippen LogP contribution in [0.4, 0.5) is 0 Å². The Kier molecular flexibility index (Phi) is 12.2. The standard InChI is InChI=1S/C30H47NO8/c1-11-30(9,10)27(35)37-19(2)18-36-26(34)21(31)14-20-12-13-22(38-24(32)16-28(3,4)5)23(15-20)39-25(33)17-29(6,7)8/h12-13,15,19,21H,11,14,16-18,31H2,1-10H3/t19-,21-/m0/s1. The monoisotopic (exact) mass is 549 g/mol. The number of benzene rings is 1. The average Bonchev–Trinajstić information content (AvgIpc) is 2.76. The SMILES string of the molecule is CCC(C)(C)C(=O)O[C@@H](C)COC(=O)[C@@H](N)Cc1ccc(OC(=O)CC(C)(C)C)c(OC(=O)CC(C)(C)C)c1. The Bertz CT molecular complexity index is 1020. The average molecular weight is 550 g/mol. The van der Waals surface area contributed by atoms with Crippen molar-refractivity contribution in [2.24, 2.45) is 22.0 Å². The molecule has 0 heterocycles. The summed E-state index contributed by atoms with van der Waals surface area (Å²) in [4.78, 5) is 49.7. The van der Waals surface area contributed by atoms with Gasteiger partial charge in [-0.25, -0.2) is 0 Å². The summed E-state index contributed by atoms with van der Waals surface area (Å²) in [6.07, 6.45) is 0.387. The van der Waals surface area contributed by atoms with Crippen LogP contribution in [0.25, 0.3) is 0 Å². The van der Waals surface area contributed by atoms with E-state index in [4.69, 9.17) is 24.7 Å². The Balaban J connectivity index is 2.94. The summed E-state index contributed by atoms with van der Waals surface area (Å²) in [6.45, 7) is 18.5. The Morgan fingerprint density at radius 3 is 1.85 bits per heavy atom. The molecular weight excluding hydrogens is 502 g/mol. The third-order valence-electron chi connectivity index (χ3n) is 5.77. The zero-order valence-electron chi connectivity index (χ0n) is 25.3. The zero-order chi connectivity index (χ0) is 30.2. The fraction of sp³-hybridized carbons (Fsp3) is 0.667. The number of ether oxygens (including phenoxy) is 4. The number of esters is 4. The van der Waals surface area contributed by atoms with Gasteiger partial charge in [0.25, 0.3) is 0 Å². The molecule has 1 rings (SSSR count). The maximum absolute atomic E-state index is 12.5. The van der Waals surface area contributed by atoms with Crippen molar-refractivity contribution in [3.8, 4) is 11.5 Å². The topological polar surface area (TPSA) is 131 Å². The van der Waals surface area contributed by atoms with Gasteiger partial charge < -0.3 is 24.7 Å². The van der Waals surface area contributed by atoms with Gasteiger partial charge in [-0.2, -0.15) is 0 Å². The highest BCUT2D eigenvalue weighted by Gasteiger charge is 2.29. The molecule has 1 aromatic rings. The van der Waals surface area contributed by atoms with E-state index < -0.39 is 35.5 Å². The fourth-order valence-corrected chi connectivity index (χ4v) is 3.19.